The summed E-state index contributed by atoms with van der Waals surface area (Å²) in [6.45, 7) is 8.43. The molecule has 2 atom stereocenters. The van der Waals surface area contributed by atoms with Gasteiger partial charge in [0.1, 0.15) is 11.4 Å². The van der Waals surface area contributed by atoms with Crippen molar-refractivity contribution in [3.05, 3.63) is 71.5 Å². The molecule has 0 heterocycles. The first-order valence-electron chi connectivity index (χ1n) is 10.6. The maximum absolute atomic E-state index is 13.4. The van der Waals surface area contributed by atoms with Crippen LogP contribution in [0.25, 0.3) is 11.4 Å². The second-order valence-corrected chi connectivity index (χ2v) is 8.64. The van der Waals surface area contributed by atoms with Gasteiger partial charge < -0.3 is 25.0 Å². The molecule has 0 bridgehead atoms. The lowest BCUT2D eigenvalue weighted by molar-refractivity contribution is 0.0474. The molecule has 0 aromatic heterocycles. The largest absolute Gasteiger partial charge is 0.493 e. The number of aliphatic hydroxyl groups is 2. The second kappa shape index (κ2) is 10.3. The fourth-order valence-corrected chi connectivity index (χ4v) is 3.30. The molecule has 1 aliphatic carbocycles. The number of alkyl halides is 2. The van der Waals surface area contributed by atoms with E-state index in [-0.39, 0.29) is 40.9 Å². The Labute approximate surface area is 206 Å². The van der Waals surface area contributed by atoms with Crippen molar-refractivity contribution in [2.75, 3.05) is 20.3 Å². The average Bonchev–Trinajstić information content (AvgIpc) is 3.44. The molecule has 1 fully saturated rings. The molecule has 2 aromatic rings. The Kier molecular flexibility index (Phi) is 7.83. The van der Waals surface area contributed by atoms with Crippen LogP contribution in [-0.4, -0.2) is 53.8 Å². The van der Waals surface area contributed by atoms with E-state index in [0.717, 1.165) is 0 Å². The van der Waals surface area contributed by atoms with E-state index >= 15 is 0 Å². The monoisotopic (exact) mass is 510 g/mol. The molecule has 0 amide bonds. The predicted octanol–water partition coefficient (Wildman–Crippen LogP) is 4.69. The van der Waals surface area contributed by atoms with Gasteiger partial charge in [-0.15, -0.1) is 0 Å². The molecule has 2 unspecified atom stereocenters. The highest BCUT2D eigenvalue weighted by Gasteiger charge is 2.60. The van der Waals surface area contributed by atoms with Crippen molar-refractivity contribution < 1.29 is 32.9 Å². The predicted molar refractivity (Wildman–Crippen MR) is 130 cm³/mol. The lowest BCUT2D eigenvalue weighted by Crippen LogP contribution is -2.49. The van der Waals surface area contributed by atoms with Crippen molar-refractivity contribution in [2.45, 2.75) is 31.0 Å². The molecule has 0 radical (unpaired) electrons. The molecule has 0 spiro atoms. The zero-order chi connectivity index (χ0) is 26.0. The normalized spacial score (nSPS) is 18.4. The Balaban J connectivity index is 1.69. The van der Waals surface area contributed by atoms with E-state index in [1.807, 2.05) is 0 Å². The summed E-state index contributed by atoms with van der Waals surface area (Å²) in [5.41, 5.74) is -0.0336. The smallest absolute Gasteiger partial charge is 0.288 e. The number of nitrogens with zero attached hydrogens (tertiary/aromatic N) is 1. The number of methoxy groups -OCH3 is 1. The van der Waals surface area contributed by atoms with Crippen LogP contribution in [0.4, 0.5) is 13.2 Å². The standard InChI is InChI=1S/C25H26ClF3N2O4/c1-14(18-6-8-21(22(10-18)34-4)35-23-11-25(23,28)29)30-12-24(33,13-32)16(3)31-15(2)17-5-7-20(27)19(26)9-17/h5-10,23,30,32-33H,1-2,11-13H2,3-4H3/b31-16+. The molecule has 3 N–H and O–H groups in total. The molecule has 10 heteroatoms. The van der Waals surface area contributed by atoms with Crippen molar-refractivity contribution in [1.82, 2.24) is 5.32 Å². The van der Waals surface area contributed by atoms with E-state index in [9.17, 15) is 23.4 Å². The molecule has 1 aliphatic rings. The molecule has 35 heavy (non-hydrogen) atoms. The molecule has 1 saturated carbocycles. The molecular weight excluding hydrogens is 485 g/mol. The summed E-state index contributed by atoms with van der Waals surface area (Å²) in [6.07, 6.45) is -1.51. The summed E-state index contributed by atoms with van der Waals surface area (Å²) in [4.78, 5) is 4.26. The van der Waals surface area contributed by atoms with E-state index in [1.54, 1.807) is 12.1 Å². The number of halogens is 4. The Morgan fingerprint density at radius 2 is 1.89 bits per heavy atom. The van der Waals surface area contributed by atoms with Crippen LogP contribution >= 0.6 is 11.6 Å². The number of benzene rings is 2. The highest BCUT2D eigenvalue weighted by Crippen LogP contribution is 2.46. The number of ether oxygens (including phenoxy) is 2. The van der Waals surface area contributed by atoms with Crippen LogP contribution in [0.1, 0.15) is 24.5 Å². The summed E-state index contributed by atoms with van der Waals surface area (Å²) in [5, 5.41) is 23.6. The molecular formula is C25H26ClF3N2O4. The first-order valence-corrected chi connectivity index (χ1v) is 11.0. The van der Waals surface area contributed by atoms with Gasteiger partial charge in [-0.1, -0.05) is 24.8 Å². The van der Waals surface area contributed by atoms with Gasteiger partial charge in [-0.25, -0.2) is 13.2 Å². The number of rotatable bonds is 11. The number of nitrogens with one attached hydrogen (secondary N) is 1. The second-order valence-electron chi connectivity index (χ2n) is 8.23. The topological polar surface area (TPSA) is 83.3 Å². The van der Waals surface area contributed by atoms with Gasteiger partial charge in [0.05, 0.1) is 43.1 Å². The molecule has 188 valence electrons. The van der Waals surface area contributed by atoms with E-state index in [0.29, 0.717) is 16.8 Å². The van der Waals surface area contributed by atoms with E-state index in [2.05, 4.69) is 23.5 Å². The van der Waals surface area contributed by atoms with Crippen LogP contribution in [0.3, 0.4) is 0 Å². The number of hydrogen-bond acceptors (Lipinski definition) is 6. The Morgan fingerprint density at radius 3 is 2.46 bits per heavy atom. The van der Waals surface area contributed by atoms with Crippen molar-refractivity contribution in [2.24, 2.45) is 4.99 Å². The summed E-state index contributed by atoms with van der Waals surface area (Å²) in [7, 11) is 1.39. The SMILES string of the molecule is C=C(/N=C(\C)C(O)(CO)CNC(=C)c1ccc(OC2CC2(F)F)c(OC)c1)c1ccc(F)c(Cl)c1. The van der Waals surface area contributed by atoms with Crippen LogP contribution in [0, 0.1) is 5.82 Å². The lowest BCUT2D eigenvalue weighted by atomic mass is 9.98. The number of aliphatic hydroxyl groups excluding tert-OH is 1. The van der Waals surface area contributed by atoms with Crippen molar-refractivity contribution in [1.29, 1.82) is 0 Å². The third-order valence-electron chi connectivity index (χ3n) is 5.63. The van der Waals surface area contributed by atoms with Gasteiger partial charge in [-0.3, -0.25) is 4.99 Å². The minimum atomic E-state index is -2.84. The minimum Gasteiger partial charge on any atom is -0.493 e. The van der Waals surface area contributed by atoms with Crippen LogP contribution in [0.5, 0.6) is 11.5 Å². The van der Waals surface area contributed by atoms with Crippen molar-refractivity contribution >= 4 is 28.7 Å². The van der Waals surface area contributed by atoms with Gasteiger partial charge in [0, 0.05) is 16.8 Å². The fraction of sp³-hybridized carbons (Fsp3) is 0.320. The summed E-state index contributed by atoms with van der Waals surface area (Å²) in [5.74, 6) is -2.99. The Morgan fingerprint density at radius 1 is 1.23 bits per heavy atom. The van der Waals surface area contributed by atoms with Crippen LogP contribution in [0.2, 0.25) is 5.02 Å². The van der Waals surface area contributed by atoms with E-state index < -0.39 is 30.1 Å². The zero-order valence-electron chi connectivity index (χ0n) is 19.2. The van der Waals surface area contributed by atoms with Gasteiger partial charge in [0.15, 0.2) is 17.6 Å². The van der Waals surface area contributed by atoms with Gasteiger partial charge in [-0.05, 0) is 43.3 Å². The quantitative estimate of drug-likeness (QED) is 0.382. The minimum absolute atomic E-state index is 0.0930. The third-order valence-corrected chi connectivity index (χ3v) is 5.92. The van der Waals surface area contributed by atoms with Crippen LogP contribution < -0.4 is 14.8 Å². The van der Waals surface area contributed by atoms with Gasteiger partial charge in [-0.2, -0.15) is 0 Å². The zero-order valence-corrected chi connectivity index (χ0v) is 20.0. The van der Waals surface area contributed by atoms with Crippen molar-refractivity contribution in [3.8, 4) is 11.5 Å². The number of hydrogen-bond donors (Lipinski definition) is 3. The first-order chi connectivity index (χ1) is 16.4. The molecule has 0 aliphatic heterocycles. The summed E-state index contributed by atoms with van der Waals surface area (Å²) in [6, 6.07) is 8.65. The summed E-state index contributed by atoms with van der Waals surface area (Å²) >= 11 is 5.80. The number of aliphatic imine (C=N–C) groups is 1. The van der Waals surface area contributed by atoms with E-state index in [4.69, 9.17) is 21.1 Å². The lowest BCUT2D eigenvalue weighted by Gasteiger charge is -2.27. The van der Waals surface area contributed by atoms with Gasteiger partial charge in [0.2, 0.25) is 0 Å². The van der Waals surface area contributed by atoms with Gasteiger partial charge in [0.25, 0.3) is 5.92 Å². The Bertz CT molecular complexity index is 1170. The fourth-order valence-electron chi connectivity index (χ4n) is 3.12. The summed E-state index contributed by atoms with van der Waals surface area (Å²) < 4.78 is 50.3. The maximum Gasteiger partial charge on any atom is 0.288 e. The van der Waals surface area contributed by atoms with Crippen LogP contribution in [0.15, 0.2) is 54.5 Å². The highest BCUT2D eigenvalue weighted by molar-refractivity contribution is 6.30. The Hall–Kier alpha value is -3.01. The van der Waals surface area contributed by atoms with Gasteiger partial charge >= 0.3 is 0 Å². The third kappa shape index (κ3) is 6.17. The molecule has 3 rings (SSSR count). The molecule has 0 saturated heterocycles. The van der Waals surface area contributed by atoms with Crippen molar-refractivity contribution in [3.63, 3.8) is 0 Å². The average molecular weight is 511 g/mol. The molecule has 6 nitrogen and oxygen atoms in total. The maximum atomic E-state index is 13.4. The highest BCUT2D eigenvalue weighted by atomic mass is 35.5. The molecule has 2 aromatic carbocycles. The van der Waals surface area contributed by atoms with Crippen LogP contribution in [-0.2, 0) is 0 Å². The first kappa shape index (κ1) is 26.6. The van der Waals surface area contributed by atoms with E-state index in [1.165, 1.54) is 38.3 Å².